The number of ether oxygens (including phenoxy) is 4. The molecule has 0 aliphatic heterocycles. The van der Waals surface area contributed by atoms with Gasteiger partial charge in [-0.15, -0.1) is 6.58 Å². The minimum absolute atomic E-state index is 0.0160. The lowest BCUT2D eigenvalue weighted by molar-refractivity contribution is -0.113. The lowest BCUT2D eigenvalue weighted by Gasteiger charge is -2.10. The number of esters is 1. The summed E-state index contributed by atoms with van der Waals surface area (Å²) in [5.74, 6) is -2.32. The van der Waals surface area contributed by atoms with E-state index in [-0.39, 0.29) is 29.8 Å². The lowest BCUT2D eigenvalue weighted by atomic mass is 10.0. The average molecular weight is 477 g/mol. The second-order valence-electron chi connectivity index (χ2n) is 7.16. The molecule has 2 amide bonds. The Morgan fingerprint density at radius 2 is 1.53 bits per heavy atom. The van der Waals surface area contributed by atoms with Crippen LogP contribution in [0, 0.1) is 5.92 Å². The van der Waals surface area contributed by atoms with Crippen molar-refractivity contribution in [2.45, 2.75) is 6.92 Å². The molecule has 0 saturated heterocycles. The summed E-state index contributed by atoms with van der Waals surface area (Å²) in [6.45, 7) is 8.43. The summed E-state index contributed by atoms with van der Waals surface area (Å²) < 4.78 is 20.9. The van der Waals surface area contributed by atoms with Gasteiger partial charge >= 0.3 is 5.97 Å². The average Bonchev–Trinajstić information content (AvgIpc) is 2.84. The molecule has 0 aliphatic carbocycles. The molecule has 0 radical (unpaired) electrons. The first kappa shape index (κ1) is 28.7. The molecule has 0 aliphatic rings. The number of rotatable bonds is 17. The molecule has 1 atom stereocenters. The second kappa shape index (κ2) is 16.3. The zero-order valence-corrected chi connectivity index (χ0v) is 19.5. The van der Waals surface area contributed by atoms with E-state index in [0.717, 1.165) is 12.2 Å². The molecule has 10 heteroatoms. The number of benzene rings is 1. The molecular formula is C24H32N2O8. The fraction of sp³-hybridized carbons (Fsp3) is 0.417. The number of nitrogens with one attached hydrogen (secondary N) is 1. The minimum atomic E-state index is -0.799. The highest BCUT2D eigenvalue weighted by atomic mass is 16.5. The van der Waals surface area contributed by atoms with Crippen LogP contribution in [-0.4, -0.2) is 76.9 Å². The monoisotopic (exact) mass is 476 g/mol. The number of carbonyl (C=O) groups is 4. The van der Waals surface area contributed by atoms with Crippen LogP contribution in [0.15, 0.2) is 43.0 Å². The fourth-order valence-electron chi connectivity index (χ4n) is 2.51. The molecule has 1 aromatic carbocycles. The Morgan fingerprint density at radius 1 is 0.941 bits per heavy atom. The fourth-order valence-corrected chi connectivity index (χ4v) is 2.51. The molecule has 1 rings (SSSR count). The quantitative estimate of drug-likeness (QED) is 0.113. The van der Waals surface area contributed by atoms with Gasteiger partial charge in [0.05, 0.1) is 52.3 Å². The Labute approximate surface area is 199 Å². The van der Waals surface area contributed by atoms with Crippen molar-refractivity contribution < 1.29 is 38.1 Å². The van der Waals surface area contributed by atoms with Crippen molar-refractivity contribution in [3.8, 4) is 0 Å². The zero-order chi connectivity index (χ0) is 25.3. The number of hydrogen-bond acceptors (Lipinski definition) is 8. The van der Waals surface area contributed by atoms with E-state index in [1.165, 1.54) is 25.3 Å². The first-order valence-electron chi connectivity index (χ1n) is 10.7. The maximum absolute atomic E-state index is 12.5. The molecule has 0 bridgehead atoms. The summed E-state index contributed by atoms with van der Waals surface area (Å²) in [5, 5.41) is 2.65. The zero-order valence-electron chi connectivity index (χ0n) is 19.5. The Bertz CT molecular complexity index is 882. The van der Waals surface area contributed by atoms with Gasteiger partial charge in [-0.1, -0.05) is 13.0 Å². The van der Waals surface area contributed by atoms with Crippen molar-refractivity contribution in [3.05, 3.63) is 59.7 Å². The Hall–Kier alpha value is -3.34. The lowest BCUT2D eigenvalue weighted by Crippen LogP contribution is -2.28. The maximum Gasteiger partial charge on any atom is 0.337 e. The Morgan fingerprint density at radius 3 is 2.15 bits per heavy atom. The summed E-state index contributed by atoms with van der Waals surface area (Å²) in [5.41, 5.74) is 5.11. The number of ketones is 1. The van der Waals surface area contributed by atoms with Gasteiger partial charge < -0.3 is 30.0 Å². The number of primary amides is 1. The van der Waals surface area contributed by atoms with E-state index < -0.39 is 23.6 Å². The van der Waals surface area contributed by atoms with E-state index >= 15 is 0 Å². The number of methoxy groups -OCH3 is 1. The van der Waals surface area contributed by atoms with Gasteiger partial charge in [0.2, 0.25) is 5.91 Å². The predicted octanol–water partition coefficient (Wildman–Crippen LogP) is 1.30. The molecule has 10 nitrogen and oxygen atoms in total. The number of nitrogens with two attached hydrogens (primary N) is 1. The molecule has 34 heavy (non-hydrogen) atoms. The Kier molecular flexibility index (Phi) is 13.8. The number of amides is 2. The number of allylic oxidation sites excluding steroid dienone is 1. The van der Waals surface area contributed by atoms with Crippen LogP contribution < -0.4 is 11.1 Å². The van der Waals surface area contributed by atoms with Gasteiger partial charge in [0.1, 0.15) is 0 Å². The van der Waals surface area contributed by atoms with E-state index in [2.05, 4.69) is 16.6 Å². The first-order valence-corrected chi connectivity index (χ1v) is 10.7. The van der Waals surface area contributed by atoms with E-state index in [9.17, 15) is 19.2 Å². The molecule has 0 saturated carbocycles. The molecule has 0 aromatic heterocycles. The van der Waals surface area contributed by atoms with E-state index in [1.807, 2.05) is 13.0 Å². The third kappa shape index (κ3) is 11.5. The van der Waals surface area contributed by atoms with Crippen molar-refractivity contribution in [1.82, 2.24) is 5.32 Å². The van der Waals surface area contributed by atoms with Gasteiger partial charge in [-0.2, -0.15) is 0 Å². The summed E-state index contributed by atoms with van der Waals surface area (Å²) in [6, 6.07) is 3.88. The maximum atomic E-state index is 12.5. The molecule has 0 heterocycles. The standard InChI is InChI=1S/C24H32N2O8/c1-4-17(2)16-34-12-11-33-10-9-32-8-7-26-23(29)19-13-18(21(27)5-6-22(25)28)14-20(15-19)24(30)31-3/h4-6,13-15,17H,1,7-12,16H2,2-3H3,(H2,25,28)(H,26,29)/b6-5+. The third-order valence-corrected chi connectivity index (χ3v) is 4.36. The van der Waals surface area contributed by atoms with Crippen LogP contribution in [0.25, 0.3) is 0 Å². The molecule has 3 N–H and O–H groups in total. The van der Waals surface area contributed by atoms with Crippen molar-refractivity contribution in [2.24, 2.45) is 11.7 Å². The summed E-state index contributed by atoms with van der Waals surface area (Å²) in [4.78, 5) is 47.5. The molecule has 186 valence electrons. The van der Waals surface area contributed by atoms with Crippen molar-refractivity contribution in [2.75, 3.05) is 53.3 Å². The summed E-state index contributed by atoms with van der Waals surface area (Å²) in [6.07, 6.45) is 3.68. The first-order chi connectivity index (χ1) is 16.3. The van der Waals surface area contributed by atoms with Gasteiger partial charge in [-0.05, 0) is 30.2 Å². The van der Waals surface area contributed by atoms with Crippen LogP contribution in [0.5, 0.6) is 0 Å². The largest absolute Gasteiger partial charge is 0.465 e. The van der Waals surface area contributed by atoms with E-state index in [4.69, 9.17) is 19.9 Å². The molecule has 1 unspecified atom stereocenters. The number of carbonyl (C=O) groups excluding carboxylic acids is 4. The van der Waals surface area contributed by atoms with Crippen LogP contribution in [-0.2, 0) is 23.7 Å². The Balaban J connectivity index is 2.47. The van der Waals surface area contributed by atoms with Crippen LogP contribution in [0.3, 0.4) is 0 Å². The van der Waals surface area contributed by atoms with E-state index in [1.54, 1.807) is 0 Å². The predicted molar refractivity (Wildman–Crippen MR) is 125 cm³/mol. The molecular weight excluding hydrogens is 444 g/mol. The van der Waals surface area contributed by atoms with Crippen LogP contribution in [0.2, 0.25) is 0 Å². The molecule has 0 spiro atoms. The highest BCUT2D eigenvalue weighted by Crippen LogP contribution is 2.13. The van der Waals surface area contributed by atoms with Gasteiger partial charge in [0, 0.05) is 23.7 Å². The second-order valence-corrected chi connectivity index (χ2v) is 7.16. The van der Waals surface area contributed by atoms with E-state index in [0.29, 0.717) is 39.0 Å². The summed E-state index contributed by atoms with van der Waals surface area (Å²) in [7, 11) is 1.18. The molecule has 1 aromatic rings. The molecule has 0 fully saturated rings. The highest BCUT2D eigenvalue weighted by molar-refractivity contribution is 6.10. The van der Waals surface area contributed by atoms with Crippen LogP contribution >= 0.6 is 0 Å². The smallest absolute Gasteiger partial charge is 0.337 e. The van der Waals surface area contributed by atoms with Gasteiger partial charge in [0.25, 0.3) is 5.91 Å². The summed E-state index contributed by atoms with van der Waals surface area (Å²) >= 11 is 0. The van der Waals surface area contributed by atoms with Gasteiger partial charge in [-0.25, -0.2) is 4.79 Å². The van der Waals surface area contributed by atoms with Crippen molar-refractivity contribution in [1.29, 1.82) is 0 Å². The van der Waals surface area contributed by atoms with Crippen LogP contribution in [0.4, 0.5) is 0 Å². The SMILES string of the molecule is C=CC(C)COCCOCCOCCNC(=O)c1cc(C(=O)/C=C/C(N)=O)cc(C(=O)OC)c1. The third-order valence-electron chi connectivity index (χ3n) is 4.36. The topological polar surface area (TPSA) is 143 Å². The number of hydrogen-bond donors (Lipinski definition) is 2. The minimum Gasteiger partial charge on any atom is -0.465 e. The van der Waals surface area contributed by atoms with Crippen molar-refractivity contribution in [3.63, 3.8) is 0 Å². The van der Waals surface area contributed by atoms with Crippen molar-refractivity contribution >= 4 is 23.6 Å². The highest BCUT2D eigenvalue weighted by Gasteiger charge is 2.16. The van der Waals surface area contributed by atoms with Crippen LogP contribution in [0.1, 0.15) is 38.0 Å². The van der Waals surface area contributed by atoms with Gasteiger partial charge in [-0.3, -0.25) is 14.4 Å². The normalized spacial score (nSPS) is 11.7. The van der Waals surface area contributed by atoms with Gasteiger partial charge in [0.15, 0.2) is 5.78 Å².